The summed E-state index contributed by atoms with van der Waals surface area (Å²) in [6.45, 7) is 7.81. The van der Waals surface area contributed by atoms with Gasteiger partial charge in [-0.05, 0) is 38.0 Å². The Labute approximate surface area is 136 Å². The number of aromatic nitrogens is 1. The fourth-order valence-electron chi connectivity index (χ4n) is 4.82. The summed E-state index contributed by atoms with van der Waals surface area (Å²) in [5.74, 6) is 1.89. The number of fused-ring (bicyclic) bond motifs is 2. The van der Waals surface area contributed by atoms with E-state index < -0.39 is 0 Å². The predicted molar refractivity (Wildman–Crippen MR) is 89.2 cm³/mol. The van der Waals surface area contributed by atoms with E-state index in [-0.39, 0.29) is 5.41 Å². The Hall–Kier alpha value is -1.10. The maximum atomic E-state index is 13.1. The van der Waals surface area contributed by atoms with Crippen molar-refractivity contribution in [1.29, 1.82) is 0 Å². The molecule has 1 saturated heterocycles. The highest BCUT2D eigenvalue weighted by molar-refractivity contribution is 7.13. The van der Waals surface area contributed by atoms with Gasteiger partial charge in [0.15, 0.2) is 5.13 Å². The molecule has 3 aliphatic rings. The molecule has 0 radical (unpaired) electrons. The van der Waals surface area contributed by atoms with Gasteiger partial charge in [0.1, 0.15) is 0 Å². The third-order valence-electron chi connectivity index (χ3n) is 6.09. The maximum absolute atomic E-state index is 13.1. The molecule has 3 atom stereocenters. The van der Waals surface area contributed by atoms with E-state index in [1.54, 1.807) is 11.3 Å². The van der Waals surface area contributed by atoms with Crippen molar-refractivity contribution in [3.05, 3.63) is 11.1 Å². The summed E-state index contributed by atoms with van der Waals surface area (Å²) in [5, 5.41) is 3.21. The average molecular weight is 319 g/mol. The lowest BCUT2D eigenvalue weighted by molar-refractivity contribution is -0.144. The average Bonchev–Trinajstić information content (AvgIpc) is 3.22. The first-order valence-corrected chi connectivity index (χ1v) is 9.41. The fraction of sp³-hybridized carbons (Fsp3) is 0.765. The molecule has 120 valence electrons. The summed E-state index contributed by atoms with van der Waals surface area (Å²) in [5.41, 5.74) is 1.02. The number of aryl methyl sites for hydroxylation is 1. The summed E-state index contributed by atoms with van der Waals surface area (Å²) < 4.78 is 0. The minimum atomic E-state index is -0.0666. The van der Waals surface area contributed by atoms with Crippen LogP contribution in [0, 0.1) is 24.2 Å². The van der Waals surface area contributed by atoms with Gasteiger partial charge in [0, 0.05) is 37.0 Å². The number of hydrogen-bond acceptors (Lipinski definition) is 4. The predicted octanol–water partition coefficient (Wildman–Crippen LogP) is 2.93. The number of amides is 1. The van der Waals surface area contributed by atoms with E-state index in [9.17, 15) is 4.79 Å². The molecule has 2 aliphatic carbocycles. The topological polar surface area (TPSA) is 36.4 Å². The Bertz CT molecular complexity index is 578. The SMILES string of the molecule is Cc1csc(N2CCN(C(=O)C3(C)CC4CCC3C4)CC2)n1. The van der Waals surface area contributed by atoms with Crippen molar-refractivity contribution in [2.45, 2.75) is 39.5 Å². The number of nitrogens with zero attached hydrogens (tertiary/aromatic N) is 3. The third kappa shape index (κ3) is 2.25. The zero-order chi connectivity index (χ0) is 15.3. The van der Waals surface area contributed by atoms with Crippen LogP contribution in [-0.4, -0.2) is 42.0 Å². The highest BCUT2D eigenvalue weighted by Gasteiger charge is 2.53. The molecule has 2 bridgehead atoms. The smallest absolute Gasteiger partial charge is 0.228 e. The van der Waals surface area contributed by atoms with Crippen molar-refractivity contribution in [1.82, 2.24) is 9.88 Å². The molecular formula is C17H25N3OS. The van der Waals surface area contributed by atoms with E-state index in [1.807, 2.05) is 6.92 Å². The minimum Gasteiger partial charge on any atom is -0.345 e. The molecule has 2 saturated carbocycles. The van der Waals surface area contributed by atoms with E-state index in [2.05, 4.69) is 27.1 Å². The van der Waals surface area contributed by atoms with E-state index in [0.29, 0.717) is 11.8 Å². The molecule has 4 rings (SSSR count). The van der Waals surface area contributed by atoms with Gasteiger partial charge in [0.25, 0.3) is 0 Å². The molecule has 2 heterocycles. The van der Waals surface area contributed by atoms with Crippen molar-refractivity contribution >= 4 is 22.4 Å². The number of carbonyl (C=O) groups is 1. The van der Waals surface area contributed by atoms with E-state index >= 15 is 0 Å². The van der Waals surface area contributed by atoms with Gasteiger partial charge in [-0.25, -0.2) is 4.98 Å². The second kappa shape index (κ2) is 5.22. The van der Waals surface area contributed by atoms with Crippen molar-refractivity contribution in [2.75, 3.05) is 31.1 Å². The normalized spacial score (nSPS) is 34.5. The van der Waals surface area contributed by atoms with Crippen molar-refractivity contribution < 1.29 is 4.79 Å². The van der Waals surface area contributed by atoms with Crippen molar-refractivity contribution in [2.24, 2.45) is 17.3 Å². The Kier molecular flexibility index (Phi) is 3.44. The van der Waals surface area contributed by atoms with Gasteiger partial charge < -0.3 is 9.80 Å². The lowest BCUT2D eigenvalue weighted by Gasteiger charge is -2.41. The summed E-state index contributed by atoms with van der Waals surface area (Å²) in [6.07, 6.45) is 5.04. The first-order chi connectivity index (χ1) is 10.6. The molecule has 0 N–H and O–H groups in total. The molecule has 4 nitrogen and oxygen atoms in total. The van der Waals surface area contributed by atoms with Crippen LogP contribution >= 0.6 is 11.3 Å². The molecule has 22 heavy (non-hydrogen) atoms. The molecule has 1 amide bonds. The lowest BCUT2D eigenvalue weighted by atomic mass is 9.73. The van der Waals surface area contributed by atoms with Gasteiger partial charge in [-0.3, -0.25) is 4.79 Å². The van der Waals surface area contributed by atoms with Crippen molar-refractivity contribution in [3.8, 4) is 0 Å². The molecule has 0 spiro atoms. The second-order valence-electron chi connectivity index (χ2n) is 7.55. The lowest BCUT2D eigenvalue weighted by Crippen LogP contribution is -2.53. The van der Waals surface area contributed by atoms with Crippen LogP contribution in [0.3, 0.4) is 0 Å². The zero-order valence-electron chi connectivity index (χ0n) is 13.5. The van der Waals surface area contributed by atoms with E-state index in [0.717, 1.165) is 49.3 Å². The molecule has 5 heteroatoms. The molecule has 1 aromatic heterocycles. The summed E-state index contributed by atoms with van der Waals surface area (Å²) in [6, 6.07) is 0. The summed E-state index contributed by atoms with van der Waals surface area (Å²) in [4.78, 5) is 22.1. The van der Waals surface area contributed by atoms with Crippen LogP contribution in [0.15, 0.2) is 5.38 Å². The first-order valence-electron chi connectivity index (χ1n) is 8.53. The minimum absolute atomic E-state index is 0.0666. The van der Waals surface area contributed by atoms with Crippen LogP contribution in [0.2, 0.25) is 0 Å². The van der Waals surface area contributed by atoms with Gasteiger partial charge in [0.05, 0.1) is 5.69 Å². The van der Waals surface area contributed by atoms with Crippen LogP contribution in [-0.2, 0) is 4.79 Å². The standard InChI is InChI=1S/C17H25N3OS/c1-12-11-22-16(18-12)20-7-5-19(6-8-20)15(21)17(2)10-13-3-4-14(17)9-13/h11,13-14H,3-10H2,1-2H3. The number of carbonyl (C=O) groups excluding carboxylic acids is 1. The Morgan fingerprint density at radius 3 is 2.64 bits per heavy atom. The van der Waals surface area contributed by atoms with E-state index in [4.69, 9.17) is 0 Å². The molecular weight excluding hydrogens is 294 g/mol. The number of rotatable bonds is 2. The number of piperazine rings is 1. The first kappa shape index (κ1) is 14.5. The van der Waals surface area contributed by atoms with Crippen LogP contribution in [0.1, 0.15) is 38.3 Å². The van der Waals surface area contributed by atoms with Gasteiger partial charge in [-0.1, -0.05) is 13.3 Å². The van der Waals surface area contributed by atoms with Crippen molar-refractivity contribution in [3.63, 3.8) is 0 Å². The molecule has 1 aromatic rings. The van der Waals surface area contributed by atoms with Crippen LogP contribution < -0.4 is 4.90 Å². The maximum Gasteiger partial charge on any atom is 0.228 e. The Morgan fingerprint density at radius 1 is 1.32 bits per heavy atom. The van der Waals surface area contributed by atoms with Gasteiger partial charge in [-0.15, -0.1) is 11.3 Å². The molecule has 1 aliphatic heterocycles. The number of anilines is 1. The number of thiazole rings is 1. The van der Waals surface area contributed by atoms with E-state index in [1.165, 1.54) is 19.3 Å². The highest BCUT2D eigenvalue weighted by atomic mass is 32.1. The van der Waals surface area contributed by atoms with Crippen LogP contribution in [0.25, 0.3) is 0 Å². The fourth-order valence-corrected chi connectivity index (χ4v) is 5.67. The summed E-state index contributed by atoms with van der Waals surface area (Å²) >= 11 is 1.71. The van der Waals surface area contributed by atoms with Gasteiger partial charge in [-0.2, -0.15) is 0 Å². The van der Waals surface area contributed by atoms with Gasteiger partial charge >= 0.3 is 0 Å². The molecule has 3 fully saturated rings. The molecule has 3 unspecified atom stereocenters. The Morgan fingerprint density at radius 2 is 2.09 bits per heavy atom. The Balaban J connectivity index is 1.40. The third-order valence-corrected chi connectivity index (χ3v) is 7.11. The zero-order valence-corrected chi connectivity index (χ0v) is 14.4. The summed E-state index contributed by atoms with van der Waals surface area (Å²) in [7, 11) is 0. The van der Waals surface area contributed by atoms with Gasteiger partial charge in [0.2, 0.25) is 5.91 Å². The van der Waals surface area contributed by atoms with Crippen LogP contribution in [0.4, 0.5) is 5.13 Å². The molecule has 0 aromatic carbocycles. The second-order valence-corrected chi connectivity index (χ2v) is 8.38. The number of hydrogen-bond donors (Lipinski definition) is 0. The quantitative estimate of drug-likeness (QED) is 0.841. The largest absolute Gasteiger partial charge is 0.345 e. The van der Waals surface area contributed by atoms with Crippen LogP contribution in [0.5, 0.6) is 0 Å². The monoisotopic (exact) mass is 319 g/mol. The highest BCUT2D eigenvalue weighted by Crippen LogP contribution is 2.56.